The quantitative estimate of drug-likeness (QED) is 0.656. The zero-order valence-corrected chi connectivity index (χ0v) is 13.1. The Morgan fingerprint density at radius 2 is 1.78 bits per heavy atom. The summed E-state index contributed by atoms with van der Waals surface area (Å²) < 4.78 is 5.03. The first kappa shape index (κ1) is 15.4. The van der Waals surface area contributed by atoms with E-state index in [0.29, 0.717) is 32.4 Å². The molecule has 0 aliphatic carbocycles. The second-order valence-electron chi connectivity index (χ2n) is 4.71. The fourth-order valence-electron chi connectivity index (χ4n) is 2.03. The highest BCUT2D eigenvalue weighted by Gasteiger charge is 2.07. The van der Waals surface area contributed by atoms with Crippen LogP contribution in [0.3, 0.4) is 0 Å². The van der Waals surface area contributed by atoms with Crippen molar-refractivity contribution in [2.24, 2.45) is 0 Å². The van der Waals surface area contributed by atoms with E-state index >= 15 is 0 Å². The van der Waals surface area contributed by atoms with Crippen LogP contribution >= 0.6 is 23.2 Å². The van der Waals surface area contributed by atoms with Gasteiger partial charge in [0.1, 0.15) is 5.58 Å². The molecule has 5 nitrogen and oxygen atoms in total. The fourth-order valence-corrected chi connectivity index (χ4v) is 2.48. The number of rotatable bonds is 2. The van der Waals surface area contributed by atoms with Crippen molar-refractivity contribution in [2.45, 2.75) is 0 Å². The predicted molar refractivity (Wildman–Crippen MR) is 91.6 cm³/mol. The Morgan fingerprint density at radius 3 is 2.57 bits per heavy atom. The van der Waals surface area contributed by atoms with Crippen molar-refractivity contribution in [3.63, 3.8) is 0 Å². The molecule has 3 aromatic rings. The van der Waals surface area contributed by atoms with Crippen molar-refractivity contribution in [3.05, 3.63) is 69.0 Å². The molecule has 1 aromatic heterocycles. The van der Waals surface area contributed by atoms with Crippen molar-refractivity contribution >= 4 is 51.6 Å². The van der Waals surface area contributed by atoms with Crippen LogP contribution in [0.1, 0.15) is 0 Å². The summed E-state index contributed by atoms with van der Waals surface area (Å²) in [7, 11) is 0. The van der Waals surface area contributed by atoms with Gasteiger partial charge in [-0.3, -0.25) is 0 Å². The van der Waals surface area contributed by atoms with Crippen LogP contribution in [0.2, 0.25) is 10.0 Å². The van der Waals surface area contributed by atoms with E-state index in [-0.39, 0.29) is 0 Å². The average molecular weight is 349 g/mol. The maximum absolute atomic E-state index is 12.0. The summed E-state index contributed by atoms with van der Waals surface area (Å²) >= 11 is 11.8. The lowest BCUT2D eigenvalue weighted by Crippen LogP contribution is -2.19. The maximum atomic E-state index is 12.0. The number of fused-ring (bicyclic) bond motifs is 1. The van der Waals surface area contributed by atoms with Gasteiger partial charge in [0.05, 0.1) is 10.7 Å². The maximum Gasteiger partial charge on any atom is 0.336 e. The van der Waals surface area contributed by atoms with E-state index in [1.165, 1.54) is 12.1 Å². The Morgan fingerprint density at radius 1 is 0.957 bits per heavy atom. The van der Waals surface area contributed by atoms with Crippen LogP contribution in [0.25, 0.3) is 11.0 Å². The third-order valence-electron chi connectivity index (χ3n) is 3.06. The van der Waals surface area contributed by atoms with E-state index in [9.17, 15) is 9.59 Å². The third kappa shape index (κ3) is 3.64. The molecule has 0 aliphatic rings. The lowest BCUT2D eigenvalue weighted by molar-refractivity contribution is 0.262. The molecule has 7 heteroatoms. The molecule has 0 saturated carbocycles. The fraction of sp³-hybridized carbons (Fsp3) is 0. The molecule has 0 aliphatic heterocycles. The van der Waals surface area contributed by atoms with Gasteiger partial charge >= 0.3 is 11.7 Å². The van der Waals surface area contributed by atoms with Crippen molar-refractivity contribution in [1.29, 1.82) is 0 Å². The number of halogens is 2. The largest absolute Gasteiger partial charge is 0.423 e. The molecule has 116 valence electrons. The lowest BCUT2D eigenvalue weighted by Gasteiger charge is -2.09. The van der Waals surface area contributed by atoms with E-state index in [1.807, 2.05) is 0 Å². The number of hydrogen-bond donors (Lipinski definition) is 2. The van der Waals surface area contributed by atoms with Crippen LogP contribution in [0.15, 0.2) is 57.7 Å². The van der Waals surface area contributed by atoms with E-state index < -0.39 is 11.7 Å². The van der Waals surface area contributed by atoms with Gasteiger partial charge in [-0.1, -0.05) is 23.2 Å². The Kier molecular flexibility index (Phi) is 4.23. The molecule has 0 spiro atoms. The monoisotopic (exact) mass is 348 g/mol. The summed E-state index contributed by atoms with van der Waals surface area (Å²) in [6.07, 6.45) is 0. The van der Waals surface area contributed by atoms with E-state index in [0.717, 1.165) is 0 Å². The molecule has 3 rings (SSSR count). The van der Waals surface area contributed by atoms with Gasteiger partial charge in [-0.05, 0) is 42.5 Å². The summed E-state index contributed by atoms with van der Waals surface area (Å²) in [5.74, 6) is 0. The number of benzene rings is 2. The number of anilines is 2. The number of nitrogens with one attached hydrogen (secondary N) is 2. The summed E-state index contributed by atoms with van der Waals surface area (Å²) in [5.41, 5.74) is 1.02. The number of carbonyl (C=O) groups excluding carboxylic acids is 1. The van der Waals surface area contributed by atoms with Gasteiger partial charge in [0, 0.05) is 22.2 Å². The van der Waals surface area contributed by atoms with Crippen LogP contribution < -0.4 is 16.3 Å². The number of carbonyl (C=O) groups is 1. The van der Waals surface area contributed by atoms with Crippen LogP contribution in [0.5, 0.6) is 0 Å². The molecule has 0 atom stereocenters. The minimum atomic E-state index is -0.453. The minimum Gasteiger partial charge on any atom is -0.423 e. The van der Waals surface area contributed by atoms with Crippen LogP contribution in [0, 0.1) is 0 Å². The lowest BCUT2D eigenvalue weighted by atomic mass is 10.2. The van der Waals surface area contributed by atoms with Gasteiger partial charge in [-0.2, -0.15) is 0 Å². The highest BCUT2D eigenvalue weighted by molar-refractivity contribution is 6.36. The predicted octanol–water partition coefficient (Wildman–Crippen LogP) is 4.74. The van der Waals surface area contributed by atoms with Gasteiger partial charge in [0.2, 0.25) is 0 Å². The summed E-state index contributed by atoms with van der Waals surface area (Å²) in [6, 6.07) is 12.2. The first-order valence-electron chi connectivity index (χ1n) is 6.58. The summed E-state index contributed by atoms with van der Waals surface area (Å²) in [6.45, 7) is 0. The highest BCUT2D eigenvalue weighted by atomic mass is 35.5. The van der Waals surface area contributed by atoms with Crippen molar-refractivity contribution in [3.8, 4) is 0 Å². The minimum absolute atomic E-state index is 0.341. The van der Waals surface area contributed by atoms with Crippen LogP contribution in [0.4, 0.5) is 16.2 Å². The van der Waals surface area contributed by atoms with Crippen molar-refractivity contribution in [2.75, 3.05) is 10.6 Å². The first-order chi connectivity index (χ1) is 11.0. The van der Waals surface area contributed by atoms with Crippen LogP contribution in [-0.4, -0.2) is 6.03 Å². The Labute approximate surface area is 140 Å². The van der Waals surface area contributed by atoms with E-state index in [2.05, 4.69) is 10.6 Å². The molecule has 0 radical (unpaired) electrons. The topological polar surface area (TPSA) is 71.3 Å². The summed E-state index contributed by atoms with van der Waals surface area (Å²) in [4.78, 5) is 23.2. The van der Waals surface area contributed by atoms with Gasteiger partial charge in [0.25, 0.3) is 0 Å². The van der Waals surface area contributed by atoms with Crippen molar-refractivity contribution < 1.29 is 9.21 Å². The SMILES string of the molecule is O=C(Nc1ccc2oc(=O)ccc2c1)Nc1ccc(Cl)cc1Cl. The molecule has 2 N–H and O–H groups in total. The molecule has 2 aromatic carbocycles. The molecule has 0 fully saturated rings. The molecular weight excluding hydrogens is 339 g/mol. The number of amides is 2. The van der Waals surface area contributed by atoms with Gasteiger partial charge in [-0.25, -0.2) is 9.59 Å². The molecule has 23 heavy (non-hydrogen) atoms. The number of urea groups is 1. The van der Waals surface area contributed by atoms with Gasteiger partial charge in [0.15, 0.2) is 0 Å². The standard InChI is InChI=1S/C16H10Cl2N2O3/c17-10-2-4-13(12(18)8-10)20-16(22)19-11-3-5-14-9(7-11)1-6-15(21)23-14/h1-8H,(H2,19,20,22). The first-order valence-corrected chi connectivity index (χ1v) is 7.34. The molecule has 2 amide bonds. The smallest absolute Gasteiger partial charge is 0.336 e. The highest BCUT2D eigenvalue weighted by Crippen LogP contribution is 2.25. The Bertz CT molecular complexity index is 953. The zero-order valence-electron chi connectivity index (χ0n) is 11.6. The molecule has 0 unspecified atom stereocenters. The second kappa shape index (κ2) is 6.32. The Hall–Kier alpha value is -2.50. The van der Waals surface area contributed by atoms with Crippen LogP contribution in [-0.2, 0) is 0 Å². The van der Waals surface area contributed by atoms with E-state index in [4.69, 9.17) is 27.6 Å². The van der Waals surface area contributed by atoms with Gasteiger partial charge in [-0.15, -0.1) is 0 Å². The second-order valence-corrected chi connectivity index (χ2v) is 5.55. The molecule has 0 saturated heterocycles. The van der Waals surface area contributed by atoms with Gasteiger partial charge < -0.3 is 15.1 Å². The normalized spacial score (nSPS) is 10.5. The number of hydrogen-bond acceptors (Lipinski definition) is 3. The molecule has 1 heterocycles. The third-order valence-corrected chi connectivity index (χ3v) is 3.60. The molecule has 0 bridgehead atoms. The average Bonchev–Trinajstić information content (AvgIpc) is 2.50. The molecular formula is C16H10Cl2N2O3. The Balaban J connectivity index is 1.77. The summed E-state index contributed by atoms with van der Waals surface area (Å²) in [5, 5.41) is 6.83. The zero-order chi connectivity index (χ0) is 16.4. The van der Waals surface area contributed by atoms with Crippen molar-refractivity contribution in [1.82, 2.24) is 0 Å². The van der Waals surface area contributed by atoms with E-state index in [1.54, 1.807) is 36.4 Å².